The van der Waals surface area contributed by atoms with Gasteiger partial charge in [0.1, 0.15) is 5.58 Å². The standard InChI is InChI=1S/C21H15ClN2O5/c1-23-17(14-10-28-15-5-3-2-4-13(15)18(14)25)16-19(29-23)21(27)24(20(16)26)12-8-6-11(22)7-9-12/h2-10,16-17,19H,1H3/t16-,17-,19-/m0/s1. The number of anilines is 1. The summed E-state index contributed by atoms with van der Waals surface area (Å²) in [5, 5.41) is 2.30. The normalized spacial score (nSPS) is 24.5. The van der Waals surface area contributed by atoms with Crippen molar-refractivity contribution in [2.45, 2.75) is 12.1 Å². The van der Waals surface area contributed by atoms with E-state index in [4.69, 9.17) is 20.9 Å². The van der Waals surface area contributed by atoms with Crippen LogP contribution in [0.2, 0.25) is 5.02 Å². The van der Waals surface area contributed by atoms with Gasteiger partial charge in [-0.05, 0) is 36.4 Å². The molecule has 2 aromatic carbocycles. The molecular weight excluding hydrogens is 396 g/mol. The smallest absolute Gasteiger partial charge is 0.265 e. The second-order valence-electron chi connectivity index (χ2n) is 7.05. The van der Waals surface area contributed by atoms with Gasteiger partial charge in [0.25, 0.3) is 5.91 Å². The van der Waals surface area contributed by atoms with E-state index in [9.17, 15) is 14.4 Å². The van der Waals surface area contributed by atoms with E-state index >= 15 is 0 Å². The Kier molecular flexibility index (Phi) is 4.06. The van der Waals surface area contributed by atoms with Gasteiger partial charge in [0.2, 0.25) is 5.91 Å². The highest BCUT2D eigenvalue weighted by Gasteiger charge is 2.59. The molecule has 146 valence electrons. The number of imide groups is 1. The lowest BCUT2D eigenvalue weighted by Gasteiger charge is -2.23. The number of benzene rings is 2. The Morgan fingerprint density at radius 1 is 0.966 bits per heavy atom. The summed E-state index contributed by atoms with van der Waals surface area (Å²) in [4.78, 5) is 46.0. The molecule has 2 amide bonds. The molecule has 1 aromatic heterocycles. The van der Waals surface area contributed by atoms with E-state index in [1.54, 1.807) is 55.6 Å². The third-order valence-corrected chi connectivity index (χ3v) is 5.67. The van der Waals surface area contributed by atoms with E-state index in [0.717, 1.165) is 4.90 Å². The molecule has 2 fully saturated rings. The number of rotatable bonds is 2. The first kappa shape index (κ1) is 18.1. The van der Waals surface area contributed by atoms with Crippen molar-refractivity contribution >= 4 is 40.1 Å². The lowest BCUT2D eigenvalue weighted by Crippen LogP contribution is -2.37. The summed E-state index contributed by atoms with van der Waals surface area (Å²) in [6.07, 6.45) is 0.347. The average molecular weight is 411 g/mol. The molecule has 3 atom stereocenters. The molecule has 3 heterocycles. The van der Waals surface area contributed by atoms with Crippen LogP contribution in [0.4, 0.5) is 5.69 Å². The Balaban J connectivity index is 1.59. The number of amides is 2. The minimum absolute atomic E-state index is 0.252. The summed E-state index contributed by atoms with van der Waals surface area (Å²) in [5.74, 6) is -1.75. The Morgan fingerprint density at radius 3 is 2.45 bits per heavy atom. The van der Waals surface area contributed by atoms with Gasteiger partial charge < -0.3 is 4.42 Å². The molecule has 0 aliphatic carbocycles. The van der Waals surface area contributed by atoms with Crippen molar-refractivity contribution in [1.29, 1.82) is 0 Å². The van der Waals surface area contributed by atoms with Gasteiger partial charge in [-0.1, -0.05) is 23.7 Å². The summed E-state index contributed by atoms with van der Waals surface area (Å²) in [7, 11) is 1.60. The van der Waals surface area contributed by atoms with Gasteiger partial charge in [-0.2, -0.15) is 5.06 Å². The predicted octanol–water partition coefficient (Wildman–Crippen LogP) is 2.92. The third kappa shape index (κ3) is 2.62. The molecule has 0 saturated carbocycles. The zero-order chi connectivity index (χ0) is 20.3. The first-order valence-electron chi connectivity index (χ1n) is 9.01. The predicted molar refractivity (Wildman–Crippen MR) is 105 cm³/mol. The molecule has 0 radical (unpaired) electrons. The molecule has 2 aliphatic heterocycles. The van der Waals surface area contributed by atoms with Crippen LogP contribution in [-0.4, -0.2) is 30.0 Å². The molecule has 0 N–H and O–H groups in total. The van der Waals surface area contributed by atoms with Crippen molar-refractivity contribution in [3.63, 3.8) is 0 Å². The minimum atomic E-state index is -1.00. The fraction of sp³-hybridized carbons (Fsp3) is 0.190. The van der Waals surface area contributed by atoms with Crippen LogP contribution in [-0.2, 0) is 14.4 Å². The fourth-order valence-electron chi connectivity index (χ4n) is 4.08. The van der Waals surface area contributed by atoms with Crippen molar-refractivity contribution in [2.75, 3.05) is 11.9 Å². The molecule has 0 bridgehead atoms. The second-order valence-corrected chi connectivity index (χ2v) is 7.48. The van der Waals surface area contributed by atoms with E-state index in [-0.39, 0.29) is 11.0 Å². The zero-order valence-corrected chi connectivity index (χ0v) is 16.0. The molecule has 29 heavy (non-hydrogen) atoms. The summed E-state index contributed by atoms with van der Waals surface area (Å²) in [6.45, 7) is 0. The van der Waals surface area contributed by atoms with E-state index < -0.39 is 29.9 Å². The largest absolute Gasteiger partial charge is 0.464 e. The lowest BCUT2D eigenvalue weighted by molar-refractivity contribution is -0.160. The number of carbonyl (C=O) groups excluding carboxylic acids is 2. The maximum atomic E-state index is 13.2. The average Bonchev–Trinajstić information content (AvgIpc) is 3.17. The number of fused-ring (bicyclic) bond motifs is 2. The van der Waals surface area contributed by atoms with Crippen LogP contribution in [0.5, 0.6) is 0 Å². The molecule has 2 aliphatic rings. The van der Waals surface area contributed by atoms with Gasteiger partial charge in [0.05, 0.1) is 34.9 Å². The number of para-hydroxylation sites is 1. The maximum absolute atomic E-state index is 13.2. The van der Waals surface area contributed by atoms with E-state index in [1.165, 1.54) is 11.3 Å². The van der Waals surface area contributed by atoms with Gasteiger partial charge in [-0.15, -0.1) is 0 Å². The number of nitrogens with zero attached hydrogens (tertiary/aromatic N) is 2. The van der Waals surface area contributed by atoms with E-state index in [1.807, 2.05) is 0 Å². The van der Waals surface area contributed by atoms with Crippen LogP contribution in [0.15, 0.2) is 64.0 Å². The van der Waals surface area contributed by atoms with Gasteiger partial charge in [0.15, 0.2) is 11.5 Å². The number of hydrogen-bond donors (Lipinski definition) is 0. The topological polar surface area (TPSA) is 80.1 Å². The molecule has 8 heteroatoms. The van der Waals surface area contributed by atoms with Crippen LogP contribution in [0.25, 0.3) is 11.0 Å². The summed E-state index contributed by atoms with van der Waals surface area (Å²) < 4.78 is 5.61. The Labute approximate surface area is 170 Å². The number of carbonyl (C=O) groups is 2. The molecule has 0 unspecified atom stereocenters. The Bertz CT molecular complexity index is 1210. The van der Waals surface area contributed by atoms with Crippen molar-refractivity contribution in [2.24, 2.45) is 5.92 Å². The monoisotopic (exact) mass is 410 g/mol. The first-order chi connectivity index (χ1) is 14.0. The van der Waals surface area contributed by atoms with Crippen molar-refractivity contribution < 1.29 is 18.8 Å². The lowest BCUT2D eigenvalue weighted by atomic mass is 9.91. The third-order valence-electron chi connectivity index (χ3n) is 5.42. The molecule has 0 spiro atoms. The number of halogens is 1. The van der Waals surface area contributed by atoms with Gasteiger partial charge in [-0.3, -0.25) is 19.2 Å². The fourth-order valence-corrected chi connectivity index (χ4v) is 4.21. The molecule has 3 aromatic rings. The van der Waals surface area contributed by atoms with Gasteiger partial charge in [0, 0.05) is 12.1 Å². The van der Waals surface area contributed by atoms with Crippen LogP contribution >= 0.6 is 11.6 Å². The highest BCUT2D eigenvalue weighted by molar-refractivity contribution is 6.31. The quantitative estimate of drug-likeness (QED) is 0.604. The SMILES string of the molecule is CN1O[C@@H]2C(=O)N(c3ccc(Cl)cc3)C(=O)[C@H]2[C@@H]1c1coc2ccccc2c1=O. The zero-order valence-electron chi connectivity index (χ0n) is 15.2. The molecular formula is C21H15ClN2O5. The van der Waals surface area contributed by atoms with E-state index in [2.05, 4.69) is 0 Å². The Morgan fingerprint density at radius 2 is 1.69 bits per heavy atom. The first-order valence-corrected chi connectivity index (χ1v) is 9.38. The van der Waals surface area contributed by atoms with Crippen molar-refractivity contribution in [1.82, 2.24) is 5.06 Å². The minimum Gasteiger partial charge on any atom is -0.464 e. The molecule has 7 nitrogen and oxygen atoms in total. The molecule has 2 saturated heterocycles. The van der Waals surface area contributed by atoms with Gasteiger partial charge in [-0.25, -0.2) is 4.90 Å². The van der Waals surface area contributed by atoms with Crippen molar-refractivity contribution in [3.05, 3.63) is 75.6 Å². The van der Waals surface area contributed by atoms with Crippen molar-refractivity contribution in [3.8, 4) is 0 Å². The summed E-state index contributed by atoms with van der Waals surface area (Å²) >= 11 is 5.91. The van der Waals surface area contributed by atoms with Crippen LogP contribution in [0.3, 0.4) is 0 Å². The second kappa shape index (κ2) is 6.52. The maximum Gasteiger partial charge on any atom is 0.265 e. The van der Waals surface area contributed by atoms with Crippen LogP contribution < -0.4 is 10.3 Å². The van der Waals surface area contributed by atoms with Crippen LogP contribution in [0, 0.1) is 5.92 Å². The Hall–Kier alpha value is -3.00. The van der Waals surface area contributed by atoms with Gasteiger partial charge >= 0.3 is 0 Å². The number of hydroxylamine groups is 2. The molecule has 5 rings (SSSR count). The highest BCUT2D eigenvalue weighted by atomic mass is 35.5. The van der Waals surface area contributed by atoms with Crippen LogP contribution in [0.1, 0.15) is 11.6 Å². The summed E-state index contributed by atoms with van der Waals surface area (Å²) in [6, 6.07) is 12.5. The van der Waals surface area contributed by atoms with E-state index in [0.29, 0.717) is 21.7 Å². The summed E-state index contributed by atoms with van der Waals surface area (Å²) in [5.41, 5.74) is 0.890. The number of hydrogen-bond acceptors (Lipinski definition) is 6. The highest BCUT2D eigenvalue weighted by Crippen LogP contribution is 2.44.